The van der Waals surface area contributed by atoms with E-state index >= 15 is 0 Å². The summed E-state index contributed by atoms with van der Waals surface area (Å²) in [5.74, 6) is -0.223. The van der Waals surface area contributed by atoms with E-state index in [1.807, 2.05) is 13.8 Å². The van der Waals surface area contributed by atoms with Crippen molar-refractivity contribution in [2.45, 2.75) is 13.8 Å². The molecule has 2 amide bonds. The summed E-state index contributed by atoms with van der Waals surface area (Å²) < 4.78 is 0. The molecule has 0 bridgehead atoms. The van der Waals surface area contributed by atoms with Crippen LogP contribution >= 0.6 is 12.4 Å². The highest BCUT2D eigenvalue weighted by atomic mass is 35.5. The number of halogens is 1. The lowest BCUT2D eigenvalue weighted by Crippen LogP contribution is -2.39. The molecule has 22 heavy (non-hydrogen) atoms. The summed E-state index contributed by atoms with van der Waals surface area (Å²) in [4.78, 5) is 27.5. The summed E-state index contributed by atoms with van der Waals surface area (Å²) >= 11 is 0. The first-order valence-corrected chi connectivity index (χ1v) is 6.95. The molecule has 0 radical (unpaired) electrons. The first-order valence-electron chi connectivity index (χ1n) is 6.95. The maximum Gasteiger partial charge on any atom is 0.253 e. The maximum absolute atomic E-state index is 12.4. The molecule has 1 rings (SSSR count). The second-order valence-corrected chi connectivity index (χ2v) is 6.31. The summed E-state index contributed by atoms with van der Waals surface area (Å²) in [7, 11) is 5.12. The third-order valence-corrected chi connectivity index (χ3v) is 3.33. The summed E-state index contributed by atoms with van der Waals surface area (Å²) in [6, 6.07) is 6.80. The Morgan fingerprint density at radius 1 is 1.09 bits per heavy atom. The van der Waals surface area contributed by atoms with Crippen molar-refractivity contribution in [3.63, 3.8) is 0 Å². The molecule has 0 unspecified atom stereocenters. The van der Waals surface area contributed by atoms with Gasteiger partial charge in [-0.3, -0.25) is 9.59 Å². The van der Waals surface area contributed by atoms with Crippen LogP contribution in [0.3, 0.4) is 0 Å². The number of carbonyl (C=O) groups excluding carboxylic acids is 2. The number of nitrogens with zero attached hydrogens (tertiary/aromatic N) is 2. The van der Waals surface area contributed by atoms with Gasteiger partial charge in [-0.05, 0) is 30.2 Å². The predicted molar refractivity (Wildman–Crippen MR) is 91.5 cm³/mol. The molecule has 0 saturated carbocycles. The van der Waals surface area contributed by atoms with E-state index in [0.717, 1.165) is 0 Å². The smallest absolute Gasteiger partial charge is 0.253 e. The van der Waals surface area contributed by atoms with E-state index in [0.29, 0.717) is 24.2 Å². The molecule has 2 N–H and O–H groups in total. The second-order valence-electron chi connectivity index (χ2n) is 6.31. The van der Waals surface area contributed by atoms with E-state index in [9.17, 15) is 9.59 Å². The number of carbonyl (C=O) groups is 2. The van der Waals surface area contributed by atoms with E-state index in [1.165, 1.54) is 4.90 Å². The minimum atomic E-state index is -0.137. The Morgan fingerprint density at radius 2 is 1.59 bits per heavy atom. The molecule has 0 aliphatic rings. The zero-order chi connectivity index (χ0) is 16.2. The quantitative estimate of drug-likeness (QED) is 0.897. The fraction of sp³-hybridized carbons (Fsp3) is 0.500. The third-order valence-electron chi connectivity index (χ3n) is 3.33. The van der Waals surface area contributed by atoms with E-state index < -0.39 is 0 Å². The van der Waals surface area contributed by atoms with E-state index in [1.54, 1.807) is 50.3 Å². The van der Waals surface area contributed by atoms with Crippen molar-refractivity contribution in [1.82, 2.24) is 9.80 Å². The lowest BCUT2D eigenvalue weighted by atomic mass is 9.93. The molecule has 0 saturated heterocycles. The van der Waals surface area contributed by atoms with Gasteiger partial charge in [0.1, 0.15) is 0 Å². The van der Waals surface area contributed by atoms with Crippen molar-refractivity contribution in [1.29, 1.82) is 0 Å². The van der Waals surface area contributed by atoms with E-state index in [2.05, 4.69) is 0 Å². The lowest BCUT2D eigenvalue weighted by Gasteiger charge is -2.29. The van der Waals surface area contributed by atoms with Crippen LogP contribution in [0.4, 0.5) is 0 Å². The number of hydrogen-bond acceptors (Lipinski definition) is 3. The minimum Gasteiger partial charge on any atom is -0.345 e. The van der Waals surface area contributed by atoms with Crippen molar-refractivity contribution < 1.29 is 9.59 Å². The highest BCUT2D eigenvalue weighted by molar-refractivity contribution is 5.99. The molecule has 0 aliphatic carbocycles. The molecule has 0 fully saturated rings. The van der Waals surface area contributed by atoms with Crippen LogP contribution in [0, 0.1) is 5.41 Å². The highest BCUT2D eigenvalue weighted by Gasteiger charge is 2.22. The van der Waals surface area contributed by atoms with Crippen molar-refractivity contribution >= 4 is 24.2 Å². The van der Waals surface area contributed by atoms with E-state index in [4.69, 9.17) is 5.73 Å². The topological polar surface area (TPSA) is 66.6 Å². The first-order chi connectivity index (χ1) is 9.68. The van der Waals surface area contributed by atoms with Gasteiger partial charge in [-0.2, -0.15) is 0 Å². The molecule has 1 aromatic carbocycles. The average Bonchev–Trinajstić information content (AvgIpc) is 2.45. The third kappa shape index (κ3) is 5.31. The normalized spacial score (nSPS) is 10.6. The molecule has 1 aromatic rings. The molecule has 124 valence electrons. The number of hydrogen-bond donors (Lipinski definition) is 1. The highest BCUT2D eigenvalue weighted by Crippen LogP contribution is 2.16. The van der Waals surface area contributed by atoms with Crippen LogP contribution in [0.1, 0.15) is 34.6 Å². The van der Waals surface area contributed by atoms with Gasteiger partial charge in [-0.15, -0.1) is 12.4 Å². The fourth-order valence-electron chi connectivity index (χ4n) is 2.04. The standard InChI is InChI=1S/C16H25N3O2.ClH/c1-16(2,10-17)11-19(5)15(21)13-8-6-7-12(9-13)14(20)18(3)4;/h6-9H,10-11,17H2,1-5H3;1H. The van der Waals surface area contributed by atoms with Crippen LogP contribution in [-0.4, -0.2) is 55.8 Å². The predicted octanol–water partition coefficient (Wildman–Crippen LogP) is 1.87. The SMILES string of the molecule is CN(C)C(=O)c1cccc(C(=O)N(C)CC(C)(C)CN)c1.Cl. The van der Waals surface area contributed by atoms with Gasteiger partial charge in [0.25, 0.3) is 11.8 Å². The van der Waals surface area contributed by atoms with Gasteiger partial charge < -0.3 is 15.5 Å². The van der Waals surface area contributed by atoms with Gasteiger partial charge in [0.2, 0.25) is 0 Å². The van der Waals surface area contributed by atoms with Crippen LogP contribution in [-0.2, 0) is 0 Å². The van der Waals surface area contributed by atoms with Gasteiger partial charge in [-0.25, -0.2) is 0 Å². The van der Waals surface area contributed by atoms with Gasteiger partial charge in [0.05, 0.1) is 0 Å². The molecule has 6 heteroatoms. The summed E-state index contributed by atoms with van der Waals surface area (Å²) in [6.07, 6.45) is 0. The number of nitrogens with two attached hydrogens (primary N) is 1. The largest absolute Gasteiger partial charge is 0.345 e. The number of rotatable bonds is 5. The van der Waals surface area contributed by atoms with Crippen LogP contribution in [0.2, 0.25) is 0 Å². The monoisotopic (exact) mass is 327 g/mol. The van der Waals surface area contributed by atoms with Crippen molar-refractivity contribution in [3.8, 4) is 0 Å². The Labute approximate surface area is 138 Å². The molecular formula is C16H26ClN3O2. The zero-order valence-electron chi connectivity index (χ0n) is 13.9. The molecule has 0 aromatic heterocycles. The molecule has 0 aliphatic heterocycles. The minimum absolute atomic E-state index is 0. The average molecular weight is 328 g/mol. The van der Waals surface area contributed by atoms with E-state index in [-0.39, 0.29) is 29.6 Å². The van der Waals surface area contributed by atoms with Crippen LogP contribution in [0.15, 0.2) is 24.3 Å². The van der Waals surface area contributed by atoms with Crippen LogP contribution in [0.25, 0.3) is 0 Å². The molecule has 5 nitrogen and oxygen atoms in total. The Morgan fingerprint density at radius 3 is 2.05 bits per heavy atom. The Balaban J connectivity index is 0.00000441. The van der Waals surface area contributed by atoms with Crippen molar-refractivity contribution in [2.75, 3.05) is 34.2 Å². The van der Waals surface area contributed by atoms with Gasteiger partial charge in [0.15, 0.2) is 0 Å². The van der Waals surface area contributed by atoms with Gasteiger partial charge in [0, 0.05) is 38.8 Å². The van der Waals surface area contributed by atoms with Gasteiger partial charge >= 0.3 is 0 Å². The Kier molecular flexibility index (Phi) is 7.56. The van der Waals surface area contributed by atoms with Crippen molar-refractivity contribution in [2.24, 2.45) is 11.1 Å². The maximum atomic E-state index is 12.4. The fourth-order valence-corrected chi connectivity index (χ4v) is 2.04. The zero-order valence-corrected chi connectivity index (χ0v) is 14.7. The summed E-state index contributed by atoms with van der Waals surface area (Å²) in [6.45, 7) is 5.10. The van der Waals surface area contributed by atoms with Crippen molar-refractivity contribution in [3.05, 3.63) is 35.4 Å². The second kappa shape index (κ2) is 8.15. The number of amides is 2. The summed E-state index contributed by atoms with van der Waals surface area (Å²) in [5, 5.41) is 0. The van der Waals surface area contributed by atoms with Crippen LogP contribution in [0.5, 0.6) is 0 Å². The Hall–Kier alpha value is -1.59. The molecule has 0 spiro atoms. The van der Waals surface area contributed by atoms with Crippen LogP contribution < -0.4 is 5.73 Å². The Bertz CT molecular complexity index is 530. The molecule has 0 atom stereocenters. The summed E-state index contributed by atoms with van der Waals surface area (Å²) in [5.41, 5.74) is 6.59. The number of benzene rings is 1. The molecule has 0 heterocycles. The molecular weight excluding hydrogens is 302 g/mol. The van der Waals surface area contributed by atoms with Gasteiger partial charge in [-0.1, -0.05) is 19.9 Å². The lowest BCUT2D eigenvalue weighted by molar-refractivity contribution is 0.0740. The first kappa shape index (κ1) is 20.4.